The summed E-state index contributed by atoms with van der Waals surface area (Å²) in [7, 11) is 0. The predicted octanol–water partition coefficient (Wildman–Crippen LogP) is 4.79. The van der Waals surface area contributed by atoms with Crippen molar-refractivity contribution in [3.8, 4) is 0 Å². The maximum atomic E-state index is 14.7. The van der Waals surface area contributed by atoms with Crippen molar-refractivity contribution >= 4 is 57.2 Å². The summed E-state index contributed by atoms with van der Waals surface area (Å²) in [5, 5.41) is 16.2. The van der Waals surface area contributed by atoms with Gasteiger partial charge in [0.15, 0.2) is 0 Å². The van der Waals surface area contributed by atoms with Crippen molar-refractivity contribution < 1.29 is 28.8 Å². The maximum Gasteiger partial charge on any atom is 0.243 e. The van der Waals surface area contributed by atoms with E-state index in [1.54, 1.807) is 12.4 Å². The molecular weight excluding hydrogens is 837 g/mol. The van der Waals surface area contributed by atoms with Crippen LogP contribution >= 0.6 is 0 Å². The molecule has 2 aromatic heterocycles. The molecule has 0 unspecified atom stereocenters. The van der Waals surface area contributed by atoms with E-state index in [1.165, 1.54) is 19.3 Å². The first-order chi connectivity index (χ1) is 31.9. The summed E-state index contributed by atoms with van der Waals surface area (Å²) in [6.45, 7) is 6.76. The molecular formula is C50H76N10O6. The van der Waals surface area contributed by atoms with E-state index < -0.39 is 59.7 Å². The number of hydrogen-bond acceptors (Lipinski definition) is 8. The van der Waals surface area contributed by atoms with Crippen LogP contribution in [0.15, 0.2) is 60.9 Å². The Morgan fingerprint density at radius 3 is 1.53 bits per heavy atom. The number of rotatable bonds is 32. The van der Waals surface area contributed by atoms with Gasteiger partial charge in [-0.05, 0) is 87.2 Å². The summed E-state index contributed by atoms with van der Waals surface area (Å²) in [5.74, 6) is -3.68. The quantitative estimate of drug-likeness (QED) is 0.0304. The SMILES string of the molecule is CCCCCCCCCC(=O)N[C@@H](CCCCN)C(=O)N[C@H](C(=O)N[C@@H](Cc1c[nH]c2ccccc12)C(=O)N[C@@H](Cc1c[nH]c2ccccc12)C(=O)N[C@@H](CCCCN)C(N)=O)[C@@H](C)CC. The van der Waals surface area contributed by atoms with Gasteiger partial charge in [0.05, 0.1) is 0 Å². The molecule has 16 heteroatoms. The van der Waals surface area contributed by atoms with Crippen molar-refractivity contribution in [3.63, 3.8) is 0 Å². The highest BCUT2D eigenvalue weighted by atomic mass is 16.2. The standard InChI is InChI=1S/C50H76N10O6/c1-4-6-7-8-9-10-11-26-44(61)56-41(25-17-19-28-52)47(63)60-45(33(3)5-2)50(66)59-43(30-35-32-55-39-23-15-13-21-37(35)39)49(65)58-42(29-34-31-54-38-22-14-12-20-36(34)38)48(64)57-40(46(53)62)24-16-18-27-51/h12-15,20-23,31-33,40-43,45,54-55H,4-11,16-19,24-30,51-52H2,1-3H3,(H2,53,62)(H,56,61)(H,57,64)(H,58,65)(H,59,66)(H,60,63)/t33-,40-,41-,42-,43-,45-/m0/s1. The van der Waals surface area contributed by atoms with Crippen molar-refractivity contribution in [1.29, 1.82) is 0 Å². The molecule has 0 radical (unpaired) electrons. The fourth-order valence-electron chi connectivity index (χ4n) is 8.27. The van der Waals surface area contributed by atoms with Crippen molar-refractivity contribution in [3.05, 3.63) is 72.1 Å². The lowest BCUT2D eigenvalue weighted by atomic mass is 9.96. The van der Waals surface area contributed by atoms with Crippen LogP contribution in [-0.4, -0.2) is 88.7 Å². The van der Waals surface area contributed by atoms with Gasteiger partial charge in [0.2, 0.25) is 35.4 Å². The van der Waals surface area contributed by atoms with Crippen LogP contribution < -0.4 is 43.8 Å². The Balaban J connectivity index is 1.61. The number of aromatic nitrogens is 2. The molecule has 4 rings (SSSR count). The molecule has 4 aromatic rings. The molecule has 0 aliphatic carbocycles. The second-order valence-electron chi connectivity index (χ2n) is 17.6. The molecule has 0 aliphatic rings. The van der Waals surface area contributed by atoms with E-state index in [1.807, 2.05) is 62.4 Å². The third-order valence-electron chi connectivity index (χ3n) is 12.5. The Morgan fingerprint density at radius 1 is 0.545 bits per heavy atom. The number of hydrogen-bond donors (Lipinski definition) is 10. The number of benzene rings is 2. The number of nitrogens with one attached hydrogen (secondary N) is 7. The first-order valence-corrected chi connectivity index (χ1v) is 24.2. The number of carbonyl (C=O) groups excluding carboxylic acids is 6. The Hall–Kier alpha value is -5.74. The molecule has 2 heterocycles. The lowest BCUT2D eigenvalue weighted by Gasteiger charge is -2.29. The molecule has 0 fully saturated rings. The van der Waals surface area contributed by atoms with Gasteiger partial charge in [-0.3, -0.25) is 28.8 Å². The number of carbonyl (C=O) groups is 6. The van der Waals surface area contributed by atoms with Crippen LogP contribution in [0.4, 0.5) is 0 Å². The molecule has 6 amide bonds. The van der Waals surface area contributed by atoms with E-state index in [-0.39, 0.29) is 31.1 Å². The number of H-pyrrole nitrogens is 2. The van der Waals surface area contributed by atoms with Gasteiger partial charge in [-0.2, -0.15) is 0 Å². The van der Waals surface area contributed by atoms with Crippen molar-refractivity contribution in [2.75, 3.05) is 13.1 Å². The second kappa shape index (κ2) is 28.3. The van der Waals surface area contributed by atoms with Crippen molar-refractivity contribution in [1.82, 2.24) is 36.6 Å². The Morgan fingerprint density at radius 2 is 1.02 bits per heavy atom. The number of fused-ring (bicyclic) bond motifs is 2. The number of primary amides is 1. The summed E-state index contributed by atoms with van der Waals surface area (Å²) < 4.78 is 0. The van der Waals surface area contributed by atoms with Gasteiger partial charge in [-0.1, -0.05) is 102 Å². The zero-order valence-corrected chi connectivity index (χ0v) is 39.4. The molecule has 6 atom stereocenters. The molecule has 0 aliphatic heterocycles. The molecule has 2 aromatic carbocycles. The zero-order chi connectivity index (χ0) is 47.8. The Kier molecular flexibility index (Phi) is 22.7. The highest BCUT2D eigenvalue weighted by molar-refractivity contribution is 5.97. The molecule has 13 N–H and O–H groups in total. The fourth-order valence-corrected chi connectivity index (χ4v) is 8.27. The summed E-state index contributed by atoms with van der Waals surface area (Å²) in [6.07, 6.45) is 14.9. The smallest absolute Gasteiger partial charge is 0.243 e. The minimum Gasteiger partial charge on any atom is -0.368 e. The molecule has 66 heavy (non-hydrogen) atoms. The molecule has 16 nitrogen and oxygen atoms in total. The van der Waals surface area contributed by atoms with E-state index in [0.29, 0.717) is 58.0 Å². The van der Waals surface area contributed by atoms with Crippen LogP contribution in [0, 0.1) is 5.92 Å². The molecule has 0 spiro atoms. The first-order valence-electron chi connectivity index (χ1n) is 24.2. The van der Waals surface area contributed by atoms with Crippen LogP contribution in [0.5, 0.6) is 0 Å². The summed E-state index contributed by atoms with van der Waals surface area (Å²) in [5.41, 5.74) is 20.4. The van der Waals surface area contributed by atoms with Gasteiger partial charge < -0.3 is 53.8 Å². The van der Waals surface area contributed by atoms with Crippen LogP contribution in [-0.2, 0) is 41.6 Å². The monoisotopic (exact) mass is 913 g/mol. The topological polar surface area (TPSA) is 272 Å². The zero-order valence-electron chi connectivity index (χ0n) is 39.4. The number of para-hydroxylation sites is 2. The third-order valence-corrected chi connectivity index (χ3v) is 12.5. The van der Waals surface area contributed by atoms with Crippen LogP contribution in [0.3, 0.4) is 0 Å². The molecule has 0 saturated heterocycles. The molecule has 362 valence electrons. The van der Waals surface area contributed by atoms with E-state index in [2.05, 4.69) is 43.5 Å². The third kappa shape index (κ3) is 16.6. The van der Waals surface area contributed by atoms with Gasteiger partial charge in [-0.25, -0.2) is 0 Å². The highest BCUT2D eigenvalue weighted by Gasteiger charge is 2.35. The average Bonchev–Trinajstić information content (AvgIpc) is 3.92. The van der Waals surface area contributed by atoms with E-state index in [0.717, 1.165) is 58.6 Å². The van der Waals surface area contributed by atoms with Crippen LogP contribution in [0.2, 0.25) is 0 Å². The molecule has 0 saturated carbocycles. The molecule has 0 bridgehead atoms. The van der Waals surface area contributed by atoms with Crippen LogP contribution in [0.1, 0.15) is 128 Å². The number of unbranched alkanes of at least 4 members (excludes halogenated alkanes) is 8. The lowest BCUT2D eigenvalue weighted by molar-refractivity contribution is -0.135. The van der Waals surface area contributed by atoms with Crippen LogP contribution in [0.25, 0.3) is 21.8 Å². The first kappa shape index (κ1) is 52.9. The minimum absolute atomic E-state index is 0.0313. The van der Waals surface area contributed by atoms with E-state index in [4.69, 9.17) is 17.2 Å². The highest BCUT2D eigenvalue weighted by Crippen LogP contribution is 2.22. The maximum absolute atomic E-state index is 14.7. The fraction of sp³-hybridized carbons (Fsp3) is 0.560. The summed E-state index contributed by atoms with van der Waals surface area (Å²) in [6, 6.07) is 9.77. The van der Waals surface area contributed by atoms with E-state index >= 15 is 0 Å². The Bertz CT molecular complexity index is 2150. The average molecular weight is 913 g/mol. The normalized spacial score (nSPS) is 14.1. The summed E-state index contributed by atoms with van der Waals surface area (Å²) in [4.78, 5) is 89.7. The second-order valence-corrected chi connectivity index (χ2v) is 17.6. The van der Waals surface area contributed by atoms with Crippen molar-refractivity contribution in [2.45, 2.75) is 160 Å². The Labute approximate surface area is 389 Å². The predicted molar refractivity (Wildman–Crippen MR) is 261 cm³/mol. The number of nitrogens with two attached hydrogens (primary N) is 3. The van der Waals surface area contributed by atoms with Gasteiger partial charge in [-0.15, -0.1) is 0 Å². The van der Waals surface area contributed by atoms with Gasteiger partial charge in [0.25, 0.3) is 0 Å². The number of amides is 6. The van der Waals surface area contributed by atoms with Gasteiger partial charge >= 0.3 is 0 Å². The van der Waals surface area contributed by atoms with Gasteiger partial charge in [0, 0.05) is 53.5 Å². The minimum atomic E-state index is -1.23. The van der Waals surface area contributed by atoms with E-state index in [9.17, 15) is 28.8 Å². The lowest BCUT2D eigenvalue weighted by Crippen LogP contribution is -2.60. The largest absolute Gasteiger partial charge is 0.368 e. The number of aromatic amines is 2. The summed E-state index contributed by atoms with van der Waals surface area (Å²) >= 11 is 0. The van der Waals surface area contributed by atoms with Crippen molar-refractivity contribution in [2.24, 2.45) is 23.1 Å². The van der Waals surface area contributed by atoms with Gasteiger partial charge in [0.1, 0.15) is 30.2 Å².